The summed E-state index contributed by atoms with van der Waals surface area (Å²) in [5, 5.41) is 2.77. The fraction of sp³-hybridized carbons (Fsp3) is 0.500. The molecule has 0 bridgehead atoms. The van der Waals surface area contributed by atoms with E-state index < -0.39 is 15.8 Å². The molecule has 1 aliphatic rings. The third-order valence-corrected chi connectivity index (χ3v) is 5.29. The number of hydrogen-bond donors (Lipinski definition) is 1. The largest absolute Gasteiger partial charge is 0.493 e. The topological polar surface area (TPSA) is 81.7 Å². The zero-order valence-electron chi connectivity index (χ0n) is 12.1. The van der Waals surface area contributed by atoms with Crippen molar-refractivity contribution in [2.75, 3.05) is 25.7 Å². The number of ether oxygens (including phenoxy) is 2. The smallest absolute Gasteiger partial charge is 0.224 e. The zero-order chi connectivity index (χ0) is 15.5. The van der Waals surface area contributed by atoms with Crippen molar-refractivity contribution in [3.63, 3.8) is 0 Å². The summed E-state index contributed by atoms with van der Waals surface area (Å²) in [6.07, 6.45) is 0.403. The SMILES string of the molecule is COc1ccc(CNC(=O)[C@H]2CCS(=O)(=O)C2)cc1OC. The first-order chi connectivity index (χ1) is 9.95. The Morgan fingerprint density at radius 3 is 2.57 bits per heavy atom. The second-order valence-corrected chi connectivity index (χ2v) is 7.24. The summed E-state index contributed by atoms with van der Waals surface area (Å²) in [5.74, 6) is 0.606. The Kier molecular flexibility index (Phi) is 4.72. The summed E-state index contributed by atoms with van der Waals surface area (Å²) in [6, 6.07) is 5.37. The molecule has 0 aromatic heterocycles. The predicted molar refractivity (Wildman–Crippen MR) is 78.2 cm³/mol. The van der Waals surface area contributed by atoms with Crippen LogP contribution in [0.2, 0.25) is 0 Å². The molecular weight excluding hydrogens is 294 g/mol. The van der Waals surface area contributed by atoms with Gasteiger partial charge in [0.05, 0.1) is 31.6 Å². The lowest BCUT2D eigenvalue weighted by Gasteiger charge is -2.12. The lowest BCUT2D eigenvalue weighted by molar-refractivity contribution is -0.124. The highest BCUT2D eigenvalue weighted by atomic mass is 32.2. The van der Waals surface area contributed by atoms with E-state index in [4.69, 9.17) is 9.47 Å². The number of amides is 1. The van der Waals surface area contributed by atoms with Gasteiger partial charge in [0.1, 0.15) is 0 Å². The van der Waals surface area contributed by atoms with E-state index in [9.17, 15) is 13.2 Å². The van der Waals surface area contributed by atoms with E-state index in [1.165, 1.54) is 0 Å². The molecule has 1 N–H and O–H groups in total. The molecule has 0 aliphatic carbocycles. The fourth-order valence-electron chi connectivity index (χ4n) is 2.33. The minimum atomic E-state index is -3.04. The van der Waals surface area contributed by atoms with Crippen molar-refractivity contribution in [2.45, 2.75) is 13.0 Å². The number of carbonyl (C=O) groups excluding carboxylic acids is 1. The van der Waals surface area contributed by atoms with Crippen LogP contribution in [0.1, 0.15) is 12.0 Å². The molecule has 7 heteroatoms. The van der Waals surface area contributed by atoms with Gasteiger partial charge in [0, 0.05) is 6.54 Å². The van der Waals surface area contributed by atoms with Crippen LogP contribution in [0.15, 0.2) is 18.2 Å². The Balaban J connectivity index is 1.95. The van der Waals surface area contributed by atoms with E-state index in [0.29, 0.717) is 24.5 Å². The standard InChI is InChI=1S/C14H19NO5S/c1-19-12-4-3-10(7-13(12)20-2)8-15-14(16)11-5-6-21(17,18)9-11/h3-4,7,11H,5-6,8-9H2,1-2H3,(H,15,16)/t11-/m0/s1. The van der Waals surface area contributed by atoms with Gasteiger partial charge >= 0.3 is 0 Å². The van der Waals surface area contributed by atoms with Gasteiger partial charge in [0.15, 0.2) is 21.3 Å². The van der Waals surface area contributed by atoms with Crippen molar-refractivity contribution in [1.29, 1.82) is 0 Å². The molecule has 1 aliphatic heterocycles. The molecule has 1 atom stereocenters. The molecule has 1 saturated heterocycles. The maximum Gasteiger partial charge on any atom is 0.224 e. The molecule has 0 unspecified atom stereocenters. The van der Waals surface area contributed by atoms with Crippen molar-refractivity contribution in [3.8, 4) is 11.5 Å². The van der Waals surface area contributed by atoms with Gasteiger partial charge in [0.2, 0.25) is 5.91 Å². The van der Waals surface area contributed by atoms with Gasteiger partial charge in [-0.05, 0) is 24.1 Å². The molecule has 1 fully saturated rings. The molecule has 6 nitrogen and oxygen atoms in total. The number of nitrogens with one attached hydrogen (secondary N) is 1. The molecule has 21 heavy (non-hydrogen) atoms. The average Bonchev–Trinajstić information content (AvgIpc) is 2.84. The van der Waals surface area contributed by atoms with Gasteiger partial charge in [-0.2, -0.15) is 0 Å². The summed E-state index contributed by atoms with van der Waals surface area (Å²) in [7, 11) is 0.0602. The predicted octanol–water partition coefficient (Wildman–Crippen LogP) is 0.755. The molecule has 0 saturated carbocycles. The van der Waals surface area contributed by atoms with Crippen molar-refractivity contribution in [1.82, 2.24) is 5.32 Å². The molecule has 1 amide bonds. The van der Waals surface area contributed by atoms with Crippen molar-refractivity contribution < 1.29 is 22.7 Å². The Labute approximate surface area is 124 Å². The van der Waals surface area contributed by atoms with E-state index in [1.54, 1.807) is 26.4 Å². The summed E-state index contributed by atoms with van der Waals surface area (Å²) >= 11 is 0. The Morgan fingerprint density at radius 1 is 1.29 bits per heavy atom. The van der Waals surface area contributed by atoms with E-state index in [1.807, 2.05) is 6.07 Å². The summed E-state index contributed by atoms with van der Waals surface area (Å²) < 4.78 is 33.1. The number of benzene rings is 1. The molecule has 0 spiro atoms. The van der Waals surface area contributed by atoms with Crippen molar-refractivity contribution >= 4 is 15.7 Å². The molecule has 1 aromatic carbocycles. The number of rotatable bonds is 5. The van der Waals surface area contributed by atoms with Crippen LogP contribution in [0.25, 0.3) is 0 Å². The van der Waals surface area contributed by atoms with E-state index in [0.717, 1.165) is 5.56 Å². The highest BCUT2D eigenvalue weighted by Gasteiger charge is 2.32. The van der Waals surface area contributed by atoms with Gasteiger partial charge in [-0.3, -0.25) is 4.79 Å². The first kappa shape index (κ1) is 15.6. The van der Waals surface area contributed by atoms with Crippen LogP contribution < -0.4 is 14.8 Å². The lowest BCUT2D eigenvalue weighted by atomic mass is 10.1. The molecule has 116 valence electrons. The second kappa shape index (κ2) is 6.34. The number of methoxy groups -OCH3 is 2. The Hall–Kier alpha value is -1.76. The Morgan fingerprint density at radius 2 is 2.00 bits per heavy atom. The van der Waals surface area contributed by atoms with Crippen LogP contribution in [-0.4, -0.2) is 40.1 Å². The first-order valence-electron chi connectivity index (χ1n) is 6.64. The van der Waals surface area contributed by atoms with E-state index in [-0.39, 0.29) is 17.4 Å². The Bertz CT molecular complexity index is 626. The van der Waals surface area contributed by atoms with Crippen LogP contribution in [0.5, 0.6) is 11.5 Å². The van der Waals surface area contributed by atoms with Crippen molar-refractivity contribution in [2.24, 2.45) is 5.92 Å². The molecule has 1 heterocycles. The lowest BCUT2D eigenvalue weighted by Crippen LogP contribution is -2.30. The van der Waals surface area contributed by atoms with Gasteiger partial charge in [-0.15, -0.1) is 0 Å². The van der Waals surface area contributed by atoms with E-state index in [2.05, 4.69) is 5.32 Å². The minimum Gasteiger partial charge on any atom is -0.493 e. The van der Waals surface area contributed by atoms with Gasteiger partial charge in [-0.1, -0.05) is 6.07 Å². The maximum absolute atomic E-state index is 12.0. The molecular formula is C14H19NO5S. The second-order valence-electron chi connectivity index (χ2n) is 5.01. The third kappa shape index (κ3) is 3.87. The van der Waals surface area contributed by atoms with Crippen LogP contribution in [-0.2, 0) is 21.2 Å². The van der Waals surface area contributed by atoms with Gasteiger partial charge in [-0.25, -0.2) is 8.42 Å². The summed E-state index contributed by atoms with van der Waals surface area (Å²) in [4.78, 5) is 12.0. The quantitative estimate of drug-likeness (QED) is 0.867. The number of sulfone groups is 1. The van der Waals surface area contributed by atoms with Gasteiger partial charge in [0.25, 0.3) is 0 Å². The molecule has 2 rings (SSSR count). The van der Waals surface area contributed by atoms with Crippen LogP contribution in [0.4, 0.5) is 0 Å². The van der Waals surface area contributed by atoms with E-state index >= 15 is 0 Å². The van der Waals surface area contributed by atoms with Gasteiger partial charge < -0.3 is 14.8 Å². The fourth-order valence-corrected chi connectivity index (χ4v) is 4.07. The first-order valence-corrected chi connectivity index (χ1v) is 8.46. The van der Waals surface area contributed by atoms with Crippen LogP contribution >= 0.6 is 0 Å². The van der Waals surface area contributed by atoms with Crippen LogP contribution in [0, 0.1) is 5.92 Å². The maximum atomic E-state index is 12.0. The van der Waals surface area contributed by atoms with Crippen LogP contribution in [0.3, 0.4) is 0 Å². The number of carbonyl (C=O) groups is 1. The average molecular weight is 313 g/mol. The summed E-state index contributed by atoms with van der Waals surface area (Å²) in [6.45, 7) is 0.329. The third-order valence-electron chi connectivity index (χ3n) is 3.52. The van der Waals surface area contributed by atoms with Crippen molar-refractivity contribution in [3.05, 3.63) is 23.8 Å². The minimum absolute atomic E-state index is 0.0508. The molecule has 0 radical (unpaired) electrons. The highest BCUT2D eigenvalue weighted by Crippen LogP contribution is 2.27. The highest BCUT2D eigenvalue weighted by molar-refractivity contribution is 7.91. The normalized spacial score (nSPS) is 20.0. The zero-order valence-corrected chi connectivity index (χ0v) is 12.9. The molecule has 1 aromatic rings. The summed E-state index contributed by atoms with van der Waals surface area (Å²) in [5.41, 5.74) is 0.863. The monoisotopic (exact) mass is 313 g/mol. The number of hydrogen-bond acceptors (Lipinski definition) is 5.